The second kappa shape index (κ2) is 3.50. The summed E-state index contributed by atoms with van der Waals surface area (Å²) in [7, 11) is -4.11. The van der Waals surface area contributed by atoms with E-state index >= 15 is 0 Å². The molecule has 2 N–H and O–H groups in total. The van der Waals surface area contributed by atoms with E-state index in [2.05, 4.69) is 14.3 Å². The lowest BCUT2D eigenvalue weighted by atomic mass is 10.3. The SMILES string of the molecule is NS(=O)(=O)Oc1cccnc1C=O. The summed E-state index contributed by atoms with van der Waals surface area (Å²) in [6.07, 6.45) is 1.71. The number of rotatable bonds is 3. The quantitative estimate of drug-likeness (QED) is 0.664. The van der Waals surface area contributed by atoms with Gasteiger partial charge >= 0.3 is 10.3 Å². The van der Waals surface area contributed by atoms with Crippen LogP contribution in [0.5, 0.6) is 5.75 Å². The number of pyridine rings is 1. The van der Waals surface area contributed by atoms with Crippen molar-refractivity contribution in [2.24, 2.45) is 5.14 Å². The molecule has 1 rings (SSSR count). The highest BCUT2D eigenvalue weighted by Crippen LogP contribution is 2.13. The van der Waals surface area contributed by atoms with Gasteiger partial charge in [-0.15, -0.1) is 0 Å². The van der Waals surface area contributed by atoms with Gasteiger partial charge in [-0.3, -0.25) is 4.79 Å². The van der Waals surface area contributed by atoms with E-state index in [1.807, 2.05) is 0 Å². The predicted octanol–water partition coefficient (Wildman–Crippen LogP) is -0.524. The molecule has 0 aliphatic heterocycles. The van der Waals surface area contributed by atoms with E-state index in [9.17, 15) is 13.2 Å². The minimum Gasteiger partial charge on any atom is -0.369 e. The second-order valence-electron chi connectivity index (χ2n) is 2.08. The van der Waals surface area contributed by atoms with Crippen molar-refractivity contribution < 1.29 is 17.4 Å². The van der Waals surface area contributed by atoms with Crippen molar-refractivity contribution in [3.8, 4) is 5.75 Å². The monoisotopic (exact) mass is 202 g/mol. The number of aromatic nitrogens is 1. The first-order valence-electron chi connectivity index (χ1n) is 3.15. The van der Waals surface area contributed by atoms with Crippen LogP contribution in [0.4, 0.5) is 0 Å². The molecular formula is C6H6N2O4S. The highest BCUT2D eigenvalue weighted by atomic mass is 32.2. The predicted molar refractivity (Wildman–Crippen MR) is 43.4 cm³/mol. The van der Waals surface area contributed by atoms with E-state index in [0.717, 1.165) is 0 Å². The molecule has 0 aliphatic carbocycles. The van der Waals surface area contributed by atoms with Gasteiger partial charge in [-0.25, -0.2) is 4.98 Å². The van der Waals surface area contributed by atoms with Crippen LogP contribution in [0.3, 0.4) is 0 Å². The number of carbonyl (C=O) groups is 1. The van der Waals surface area contributed by atoms with Crippen molar-refractivity contribution in [1.29, 1.82) is 0 Å². The third-order valence-corrected chi connectivity index (χ3v) is 1.53. The van der Waals surface area contributed by atoms with Gasteiger partial charge in [0, 0.05) is 6.20 Å². The maximum atomic E-state index is 10.5. The molecule has 1 aromatic rings. The van der Waals surface area contributed by atoms with Crippen molar-refractivity contribution in [2.75, 3.05) is 0 Å². The summed E-state index contributed by atoms with van der Waals surface area (Å²) in [6, 6.07) is 2.70. The Balaban J connectivity index is 3.08. The van der Waals surface area contributed by atoms with Gasteiger partial charge in [0.15, 0.2) is 12.0 Å². The van der Waals surface area contributed by atoms with Gasteiger partial charge in [-0.05, 0) is 12.1 Å². The molecule has 0 bridgehead atoms. The minimum absolute atomic E-state index is 0.114. The molecule has 0 radical (unpaired) electrons. The summed E-state index contributed by atoms with van der Waals surface area (Å²) in [5.41, 5.74) is -0.114. The summed E-state index contributed by atoms with van der Waals surface area (Å²) in [4.78, 5) is 13.9. The molecule has 1 heterocycles. The molecule has 0 saturated carbocycles. The van der Waals surface area contributed by atoms with E-state index in [1.165, 1.54) is 18.3 Å². The largest absolute Gasteiger partial charge is 0.380 e. The first-order chi connectivity index (χ1) is 6.03. The lowest BCUT2D eigenvalue weighted by Gasteiger charge is -2.02. The van der Waals surface area contributed by atoms with Gasteiger partial charge in [-0.1, -0.05) is 0 Å². The van der Waals surface area contributed by atoms with Crippen LogP contribution in [0.25, 0.3) is 0 Å². The zero-order valence-electron chi connectivity index (χ0n) is 6.38. The van der Waals surface area contributed by atoms with Crippen LogP contribution in [-0.4, -0.2) is 19.7 Å². The van der Waals surface area contributed by atoms with E-state index in [-0.39, 0.29) is 11.4 Å². The number of hydrogen-bond donors (Lipinski definition) is 1. The number of nitrogens with zero attached hydrogens (tertiary/aromatic N) is 1. The van der Waals surface area contributed by atoms with E-state index in [4.69, 9.17) is 0 Å². The zero-order valence-corrected chi connectivity index (χ0v) is 7.19. The summed E-state index contributed by atoms with van der Waals surface area (Å²) in [5.74, 6) is -0.181. The topological polar surface area (TPSA) is 99.3 Å². The molecule has 7 heteroatoms. The smallest absolute Gasteiger partial charge is 0.369 e. The fourth-order valence-electron chi connectivity index (χ4n) is 0.687. The van der Waals surface area contributed by atoms with Crippen LogP contribution in [-0.2, 0) is 10.3 Å². The van der Waals surface area contributed by atoms with Gasteiger partial charge in [0.05, 0.1) is 0 Å². The van der Waals surface area contributed by atoms with Crippen LogP contribution in [0.15, 0.2) is 18.3 Å². The molecule has 0 aromatic carbocycles. The van der Waals surface area contributed by atoms with Crippen molar-refractivity contribution in [3.63, 3.8) is 0 Å². The molecule has 0 amide bonds. The fourth-order valence-corrected chi connectivity index (χ4v) is 1.08. The van der Waals surface area contributed by atoms with E-state index in [1.54, 1.807) is 0 Å². The summed E-state index contributed by atoms with van der Waals surface area (Å²) in [5, 5.41) is 4.60. The lowest BCUT2D eigenvalue weighted by Crippen LogP contribution is -2.19. The third-order valence-electron chi connectivity index (χ3n) is 1.12. The Hall–Kier alpha value is -1.47. The van der Waals surface area contributed by atoms with Gasteiger partial charge in [-0.2, -0.15) is 13.6 Å². The van der Waals surface area contributed by atoms with Gasteiger partial charge in [0.2, 0.25) is 0 Å². The third kappa shape index (κ3) is 2.80. The van der Waals surface area contributed by atoms with Crippen LogP contribution >= 0.6 is 0 Å². The van der Waals surface area contributed by atoms with Crippen molar-refractivity contribution >= 4 is 16.6 Å². The molecule has 6 nitrogen and oxygen atoms in total. The average molecular weight is 202 g/mol. The molecule has 0 aliphatic rings. The van der Waals surface area contributed by atoms with Gasteiger partial charge in [0.1, 0.15) is 5.69 Å². The highest BCUT2D eigenvalue weighted by molar-refractivity contribution is 7.84. The Morgan fingerprint density at radius 2 is 2.23 bits per heavy atom. The maximum absolute atomic E-state index is 10.5. The van der Waals surface area contributed by atoms with Crippen molar-refractivity contribution in [3.05, 3.63) is 24.0 Å². The number of aldehydes is 1. The maximum Gasteiger partial charge on any atom is 0.380 e. The lowest BCUT2D eigenvalue weighted by molar-refractivity contribution is 0.111. The zero-order chi connectivity index (χ0) is 9.90. The molecule has 0 atom stereocenters. The van der Waals surface area contributed by atoms with Crippen molar-refractivity contribution in [1.82, 2.24) is 4.98 Å². The number of carbonyl (C=O) groups excluding carboxylic acids is 1. The second-order valence-corrected chi connectivity index (χ2v) is 3.23. The molecule has 0 saturated heterocycles. The molecule has 70 valence electrons. The van der Waals surface area contributed by atoms with Crippen LogP contribution in [0, 0.1) is 0 Å². The minimum atomic E-state index is -4.11. The van der Waals surface area contributed by atoms with Crippen LogP contribution in [0.1, 0.15) is 10.5 Å². The molecule has 1 aromatic heterocycles. The molecule has 0 spiro atoms. The molecule has 0 unspecified atom stereocenters. The van der Waals surface area contributed by atoms with E-state index in [0.29, 0.717) is 6.29 Å². The highest BCUT2D eigenvalue weighted by Gasteiger charge is 2.09. The molecular weight excluding hydrogens is 196 g/mol. The Morgan fingerprint density at radius 3 is 2.77 bits per heavy atom. The van der Waals surface area contributed by atoms with Crippen LogP contribution < -0.4 is 9.32 Å². The summed E-state index contributed by atoms with van der Waals surface area (Å²) >= 11 is 0. The summed E-state index contributed by atoms with van der Waals surface area (Å²) < 4.78 is 25.2. The Labute approximate surface area is 74.6 Å². The number of nitrogens with two attached hydrogens (primary N) is 1. The Kier molecular flexibility index (Phi) is 2.59. The van der Waals surface area contributed by atoms with Gasteiger partial charge < -0.3 is 4.18 Å². The first kappa shape index (κ1) is 9.62. The first-order valence-corrected chi connectivity index (χ1v) is 4.62. The van der Waals surface area contributed by atoms with E-state index < -0.39 is 10.3 Å². The van der Waals surface area contributed by atoms with Crippen molar-refractivity contribution in [2.45, 2.75) is 0 Å². The fraction of sp³-hybridized carbons (Fsp3) is 0. The molecule has 13 heavy (non-hydrogen) atoms. The Morgan fingerprint density at radius 1 is 1.54 bits per heavy atom. The average Bonchev–Trinajstić information content (AvgIpc) is 2.02. The standard InChI is InChI=1S/C6H6N2O4S/c7-13(10,11)12-6-2-1-3-8-5(6)4-9/h1-4H,(H2,7,10,11). The normalized spacial score (nSPS) is 10.8. The summed E-state index contributed by atoms with van der Waals surface area (Å²) in [6.45, 7) is 0. The number of hydrogen-bond acceptors (Lipinski definition) is 5. The molecule has 0 fully saturated rings. The van der Waals surface area contributed by atoms with Crippen LogP contribution in [0.2, 0.25) is 0 Å². The van der Waals surface area contributed by atoms with Gasteiger partial charge in [0.25, 0.3) is 0 Å². The Bertz CT molecular complexity index is 414.